The minimum atomic E-state index is -0.988. The average molecular weight is 261 g/mol. The number of nitrogens with one attached hydrogen (secondary N) is 1. The van der Waals surface area contributed by atoms with Crippen molar-refractivity contribution < 1.29 is 14.7 Å². The molecular weight excluding hydrogens is 242 g/mol. The summed E-state index contributed by atoms with van der Waals surface area (Å²) in [4.78, 5) is 22.4. The van der Waals surface area contributed by atoms with E-state index < -0.39 is 5.97 Å². The summed E-state index contributed by atoms with van der Waals surface area (Å²) < 4.78 is 0. The Morgan fingerprint density at radius 2 is 2.11 bits per heavy atom. The zero-order valence-corrected chi connectivity index (χ0v) is 11.4. The van der Waals surface area contributed by atoms with Crippen LogP contribution in [0.4, 0.5) is 0 Å². The van der Waals surface area contributed by atoms with Crippen molar-refractivity contribution in [2.24, 2.45) is 0 Å². The molecule has 0 heterocycles. The van der Waals surface area contributed by atoms with Crippen LogP contribution in [0.15, 0.2) is 24.3 Å². The van der Waals surface area contributed by atoms with Crippen LogP contribution < -0.4 is 5.32 Å². The van der Waals surface area contributed by atoms with Crippen molar-refractivity contribution in [2.45, 2.75) is 33.2 Å². The molecule has 0 spiro atoms. The van der Waals surface area contributed by atoms with E-state index in [1.807, 2.05) is 20.8 Å². The zero-order valence-electron chi connectivity index (χ0n) is 11.4. The van der Waals surface area contributed by atoms with Crippen molar-refractivity contribution in [1.29, 1.82) is 0 Å². The summed E-state index contributed by atoms with van der Waals surface area (Å²) in [6.07, 6.45) is 3.49. The first kappa shape index (κ1) is 15.0. The van der Waals surface area contributed by atoms with Gasteiger partial charge in [-0.15, -0.1) is 0 Å². The Bertz CT molecular complexity index is 506. The third-order valence-corrected chi connectivity index (χ3v) is 2.93. The lowest BCUT2D eigenvalue weighted by Gasteiger charge is -2.12. The van der Waals surface area contributed by atoms with Crippen molar-refractivity contribution in [2.75, 3.05) is 0 Å². The molecule has 1 aromatic rings. The first-order valence-electron chi connectivity index (χ1n) is 6.26. The van der Waals surface area contributed by atoms with E-state index in [2.05, 4.69) is 5.32 Å². The Morgan fingerprint density at radius 3 is 2.63 bits per heavy atom. The van der Waals surface area contributed by atoms with E-state index in [9.17, 15) is 9.59 Å². The number of carbonyl (C=O) groups is 2. The van der Waals surface area contributed by atoms with Gasteiger partial charge in [-0.05, 0) is 49.6 Å². The van der Waals surface area contributed by atoms with E-state index in [0.717, 1.165) is 23.6 Å². The van der Waals surface area contributed by atoms with Gasteiger partial charge < -0.3 is 10.4 Å². The van der Waals surface area contributed by atoms with Crippen LogP contribution in [-0.2, 0) is 4.79 Å². The SMILES string of the molecule is CCC(C)NC(=O)c1ccc(/C=C/C(=O)O)c(C)c1. The second kappa shape index (κ2) is 6.73. The van der Waals surface area contributed by atoms with Crippen molar-refractivity contribution in [1.82, 2.24) is 5.32 Å². The maximum atomic E-state index is 11.9. The molecular formula is C15H19NO3. The van der Waals surface area contributed by atoms with Gasteiger partial charge in [-0.25, -0.2) is 4.79 Å². The van der Waals surface area contributed by atoms with Crippen molar-refractivity contribution in [3.63, 3.8) is 0 Å². The fraction of sp³-hybridized carbons (Fsp3) is 0.333. The van der Waals surface area contributed by atoms with Crippen LogP contribution in [0.3, 0.4) is 0 Å². The summed E-state index contributed by atoms with van der Waals surface area (Å²) in [5.41, 5.74) is 2.25. The van der Waals surface area contributed by atoms with Gasteiger partial charge in [0.15, 0.2) is 0 Å². The molecule has 4 heteroatoms. The summed E-state index contributed by atoms with van der Waals surface area (Å²) in [6.45, 7) is 5.81. The van der Waals surface area contributed by atoms with E-state index in [4.69, 9.17) is 5.11 Å². The molecule has 1 rings (SSSR count). The van der Waals surface area contributed by atoms with Crippen LogP contribution in [0.2, 0.25) is 0 Å². The van der Waals surface area contributed by atoms with E-state index >= 15 is 0 Å². The standard InChI is InChI=1S/C15H19NO3/c1-4-11(3)16-15(19)13-6-5-12(10(2)9-13)7-8-14(17)18/h5-9,11H,4H2,1-3H3,(H,16,19)(H,17,18)/b8-7+. The first-order chi connectivity index (χ1) is 8.93. The largest absolute Gasteiger partial charge is 0.478 e. The molecule has 0 aliphatic rings. The first-order valence-corrected chi connectivity index (χ1v) is 6.26. The van der Waals surface area contributed by atoms with Crippen LogP contribution in [0.1, 0.15) is 41.8 Å². The number of carboxylic acids is 1. The Morgan fingerprint density at radius 1 is 1.42 bits per heavy atom. The molecule has 0 fully saturated rings. The molecule has 0 aliphatic heterocycles. The summed E-state index contributed by atoms with van der Waals surface area (Å²) in [5.74, 6) is -1.09. The maximum absolute atomic E-state index is 11.9. The third-order valence-electron chi connectivity index (χ3n) is 2.93. The van der Waals surface area contributed by atoms with Crippen LogP contribution in [-0.4, -0.2) is 23.0 Å². The topological polar surface area (TPSA) is 66.4 Å². The second-order valence-corrected chi connectivity index (χ2v) is 4.53. The molecule has 4 nitrogen and oxygen atoms in total. The normalized spacial score (nSPS) is 12.4. The number of amides is 1. The highest BCUT2D eigenvalue weighted by molar-refractivity contribution is 5.95. The van der Waals surface area contributed by atoms with Crippen LogP contribution in [0.5, 0.6) is 0 Å². The van der Waals surface area contributed by atoms with Crippen molar-refractivity contribution in [3.05, 3.63) is 41.0 Å². The summed E-state index contributed by atoms with van der Waals surface area (Å²) in [6, 6.07) is 5.35. The summed E-state index contributed by atoms with van der Waals surface area (Å²) >= 11 is 0. The van der Waals surface area contributed by atoms with Crippen LogP contribution >= 0.6 is 0 Å². The fourth-order valence-electron chi connectivity index (χ4n) is 1.57. The average Bonchev–Trinajstić information content (AvgIpc) is 2.36. The Labute approximate surface area is 113 Å². The molecule has 1 amide bonds. The van der Waals surface area contributed by atoms with Gasteiger partial charge in [0.1, 0.15) is 0 Å². The lowest BCUT2D eigenvalue weighted by atomic mass is 10.0. The quantitative estimate of drug-likeness (QED) is 0.801. The molecule has 19 heavy (non-hydrogen) atoms. The van der Waals surface area contributed by atoms with Gasteiger partial charge in [-0.2, -0.15) is 0 Å². The molecule has 0 saturated carbocycles. The van der Waals surface area contributed by atoms with Gasteiger partial charge in [0.05, 0.1) is 0 Å². The Kier molecular flexibility index (Phi) is 5.30. The van der Waals surface area contributed by atoms with Crippen molar-refractivity contribution >= 4 is 18.0 Å². The molecule has 1 aromatic carbocycles. The molecule has 0 bridgehead atoms. The number of hydrogen-bond acceptors (Lipinski definition) is 2. The van der Waals surface area contributed by atoms with Crippen LogP contribution in [0, 0.1) is 6.92 Å². The molecule has 0 aliphatic carbocycles. The van der Waals surface area contributed by atoms with E-state index in [1.165, 1.54) is 6.08 Å². The lowest BCUT2D eigenvalue weighted by Crippen LogP contribution is -2.31. The lowest BCUT2D eigenvalue weighted by molar-refractivity contribution is -0.131. The van der Waals surface area contributed by atoms with Gasteiger partial charge in [0, 0.05) is 17.7 Å². The second-order valence-electron chi connectivity index (χ2n) is 4.53. The van der Waals surface area contributed by atoms with Gasteiger partial charge in [0.2, 0.25) is 0 Å². The minimum absolute atomic E-state index is 0.105. The highest BCUT2D eigenvalue weighted by Crippen LogP contribution is 2.13. The maximum Gasteiger partial charge on any atom is 0.328 e. The predicted octanol–water partition coefficient (Wildman–Crippen LogP) is 2.62. The Balaban J connectivity index is 2.87. The number of carbonyl (C=O) groups excluding carboxylic acids is 1. The molecule has 0 aromatic heterocycles. The fourth-order valence-corrected chi connectivity index (χ4v) is 1.57. The number of hydrogen-bond donors (Lipinski definition) is 2. The monoisotopic (exact) mass is 261 g/mol. The molecule has 0 saturated heterocycles. The van der Waals surface area contributed by atoms with Crippen LogP contribution in [0.25, 0.3) is 6.08 Å². The highest BCUT2D eigenvalue weighted by atomic mass is 16.4. The van der Waals surface area contributed by atoms with Gasteiger partial charge in [0.25, 0.3) is 5.91 Å². The molecule has 1 atom stereocenters. The van der Waals surface area contributed by atoms with E-state index in [-0.39, 0.29) is 11.9 Å². The van der Waals surface area contributed by atoms with E-state index in [0.29, 0.717) is 5.56 Å². The zero-order chi connectivity index (χ0) is 14.4. The molecule has 102 valence electrons. The number of carboxylic acid groups (broad SMARTS) is 1. The number of aryl methyl sites for hydroxylation is 1. The highest BCUT2D eigenvalue weighted by Gasteiger charge is 2.09. The summed E-state index contributed by atoms with van der Waals surface area (Å²) in [7, 11) is 0. The van der Waals surface area contributed by atoms with Gasteiger partial charge >= 0.3 is 5.97 Å². The minimum Gasteiger partial charge on any atom is -0.478 e. The molecule has 2 N–H and O–H groups in total. The number of benzene rings is 1. The van der Waals surface area contributed by atoms with Gasteiger partial charge in [-0.3, -0.25) is 4.79 Å². The third kappa shape index (κ3) is 4.58. The number of rotatable bonds is 5. The van der Waals surface area contributed by atoms with Crippen molar-refractivity contribution in [3.8, 4) is 0 Å². The Hall–Kier alpha value is -2.10. The molecule has 1 unspecified atom stereocenters. The predicted molar refractivity (Wildman–Crippen MR) is 75.1 cm³/mol. The number of aliphatic carboxylic acids is 1. The summed E-state index contributed by atoms with van der Waals surface area (Å²) in [5, 5.41) is 11.5. The smallest absolute Gasteiger partial charge is 0.328 e. The van der Waals surface area contributed by atoms with Gasteiger partial charge in [-0.1, -0.05) is 13.0 Å². The van der Waals surface area contributed by atoms with E-state index in [1.54, 1.807) is 18.2 Å². The molecule has 0 radical (unpaired) electrons.